The van der Waals surface area contributed by atoms with E-state index in [1.165, 1.54) is 11.3 Å². The van der Waals surface area contributed by atoms with Gasteiger partial charge in [0, 0.05) is 0 Å². The van der Waals surface area contributed by atoms with Gasteiger partial charge in [0.1, 0.15) is 5.52 Å². The van der Waals surface area contributed by atoms with Crippen molar-refractivity contribution < 1.29 is 4.79 Å². The molecule has 19 heavy (non-hydrogen) atoms. The van der Waals surface area contributed by atoms with E-state index >= 15 is 0 Å². The fourth-order valence-corrected chi connectivity index (χ4v) is 3.10. The number of aromatic nitrogens is 3. The van der Waals surface area contributed by atoms with Crippen LogP contribution in [0.2, 0.25) is 9.49 Å². The molecule has 0 bridgehead atoms. The lowest BCUT2D eigenvalue weighted by atomic mass is 10.3. The summed E-state index contributed by atoms with van der Waals surface area (Å²) >= 11 is 14.2. The maximum atomic E-state index is 12.0. The summed E-state index contributed by atoms with van der Waals surface area (Å²) in [5, 5.41) is 10.5. The first-order valence-corrected chi connectivity index (χ1v) is 7.42. The molecule has 0 fully saturated rings. The average molecular weight is 331 g/mol. The molecule has 1 N–H and O–H groups in total. The Labute approximate surface area is 125 Å². The summed E-state index contributed by atoms with van der Waals surface area (Å²) < 4.78 is 1.15. The molecule has 2 aromatic heterocycles. The monoisotopic (exact) mass is 330 g/mol. The molecule has 2 heterocycles. The van der Waals surface area contributed by atoms with Crippen LogP contribution in [0.25, 0.3) is 10.2 Å². The normalized spacial score (nSPS) is 10.8. The van der Waals surface area contributed by atoms with E-state index in [1.807, 2.05) is 6.07 Å². The maximum absolute atomic E-state index is 12.0. The topological polar surface area (TPSA) is 67.8 Å². The van der Waals surface area contributed by atoms with Gasteiger partial charge in [0.25, 0.3) is 5.91 Å². The van der Waals surface area contributed by atoms with Gasteiger partial charge in [-0.3, -0.25) is 4.79 Å². The highest BCUT2D eigenvalue weighted by atomic mass is 35.5. The van der Waals surface area contributed by atoms with E-state index in [9.17, 15) is 4.79 Å². The molecule has 1 aromatic carbocycles. The maximum Gasteiger partial charge on any atom is 0.286 e. The first-order valence-electron chi connectivity index (χ1n) is 4.97. The van der Waals surface area contributed by atoms with Gasteiger partial charge in [0.15, 0.2) is 0 Å². The molecule has 0 radical (unpaired) electrons. The number of carbonyl (C=O) groups is 1. The molecule has 0 atom stereocenters. The fraction of sp³-hybridized carbons (Fsp3) is 0. The van der Waals surface area contributed by atoms with Crippen molar-refractivity contribution in [1.29, 1.82) is 0 Å². The van der Waals surface area contributed by atoms with Crippen molar-refractivity contribution in [2.45, 2.75) is 0 Å². The van der Waals surface area contributed by atoms with Crippen molar-refractivity contribution in [3.05, 3.63) is 32.1 Å². The molecule has 0 unspecified atom stereocenters. The average Bonchev–Trinajstić information content (AvgIpc) is 3.01. The van der Waals surface area contributed by atoms with Gasteiger partial charge < -0.3 is 5.32 Å². The van der Waals surface area contributed by atoms with E-state index in [-0.39, 0.29) is 9.47 Å². The van der Waals surface area contributed by atoms with Crippen LogP contribution in [0.4, 0.5) is 5.69 Å². The zero-order valence-corrected chi connectivity index (χ0v) is 12.2. The molecule has 9 heteroatoms. The molecule has 5 nitrogen and oxygen atoms in total. The van der Waals surface area contributed by atoms with Crippen LogP contribution in [0.3, 0.4) is 0 Å². The second-order valence-corrected chi connectivity index (χ2v) is 6.29. The van der Waals surface area contributed by atoms with Crippen molar-refractivity contribution in [1.82, 2.24) is 15.2 Å². The highest BCUT2D eigenvalue weighted by molar-refractivity contribution is 7.17. The summed E-state index contributed by atoms with van der Waals surface area (Å²) in [6, 6.07) is 3.57. The SMILES string of the molecule is O=C(Nc1c(Cl)ccc2scnc12)c1nnc(Cl)s1. The lowest BCUT2D eigenvalue weighted by molar-refractivity contribution is 0.102. The van der Waals surface area contributed by atoms with Gasteiger partial charge in [-0.05, 0) is 23.7 Å². The summed E-state index contributed by atoms with van der Waals surface area (Å²) in [5.41, 5.74) is 2.82. The lowest BCUT2D eigenvalue weighted by Crippen LogP contribution is -2.12. The third kappa shape index (κ3) is 2.42. The summed E-state index contributed by atoms with van der Waals surface area (Å²) in [6.45, 7) is 0. The summed E-state index contributed by atoms with van der Waals surface area (Å²) in [7, 11) is 0. The Morgan fingerprint density at radius 2 is 2.11 bits per heavy atom. The number of hydrogen-bond acceptors (Lipinski definition) is 6. The Kier molecular flexibility index (Phi) is 3.36. The summed E-state index contributed by atoms with van der Waals surface area (Å²) in [6.07, 6.45) is 0. The highest BCUT2D eigenvalue weighted by Crippen LogP contribution is 2.32. The molecule has 0 aliphatic rings. The van der Waals surface area contributed by atoms with Crippen LogP contribution in [0.5, 0.6) is 0 Å². The third-order valence-corrected chi connectivity index (χ3v) is 4.41. The second kappa shape index (κ2) is 5.01. The Morgan fingerprint density at radius 3 is 2.84 bits per heavy atom. The summed E-state index contributed by atoms with van der Waals surface area (Å²) in [5.74, 6) is -0.410. The number of thiazole rings is 1. The number of nitrogens with zero attached hydrogens (tertiary/aromatic N) is 3. The van der Waals surface area contributed by atoms with Crippen molar-refractivity contribution >= 4 is 67.7 Å². The van der Waals surface area contributed by atoms with Crippen LogP contribution in [0.15, 0.2) is 17.6 Å². The van der Waals surface area contributed by atoms with Crippen LogP contribution in [0.1, 0.15) is 9.80 Å². The van der Waals surface area contributed by atoms with E-state index in [0.29, 0.717) is 16.2 Å². The van der Waals surface area contributed by atoms with E-state index < -0.39 is 5.91 Å². The molecule has 3 rings (SSSR count). The number of fused-ring (bicyclic) bond motifs is 1. The van der Waals surface area contributed by atoms with Crippen molar-refractivity contribution in [2.24, 2.45) is 0 Å². The number of amides is 1. The number of anilines is 1. The first-order chi connectivity index (χ1) is 9.15. The van der Waals surface area contributed by atoms with Gasteiger partial charge >= 0.3 is 0 Å². The largest absolute Gasteiger partial charge is 0.317 e. The third-order valence-electron chi connectivity index (χ3n) is 2.28. The molecule has 0 spiro atoms. The predicted molar refractivity (Wildman–Crippen MR) is 77.5 cm³/mol. The second-order valence-electron chi connectivity index (χ2n) is 3.44. The van der Waals surface area contributed by atoms with E-state index in [2.05, 4.69) is 20.5 Å². The number of nitrogens with one attached hydrogen (secondary N) is 1. The zero-order chi connectivity index (χ0) is 13.4. The van der Waals surface area contributed by atoms with Gasteiger partial charge in [-0.1, -0.05) is 22.9 Å². The first kappa shape index (κ1) is 12.7. The van der Waals surface area contributed by atoms with E-state index in [4.69, 9.17) is 23.2 Å². The van der Waals surface area contributed by atoms with Crippen molar-refractivity contribution in [2.75, 3.05) is 5.32 Å². The van der Waals surface area contributed by atoms with Crippen LogP contribution in [-0.4, -0.2) is 21.1 Å². The minimum atomic E-state index is -0.410. The van der Waals surface area contributed by atoms with Gasteiger partial charge in [0.05, 0.1) is 20.9 Å². The Morgan fingerprint density at radius 1 is 1.26 bits per heavy atom. The minimum Gasteiger partial charge on any atom is -0.317 e. The van der Waals surface area contributed by atoms with Crippen LogP contribution >= 0.6 is 45.9 Å². The highest BCUT2D eigenvalue weighted by Gasteiger charge is 2.16. The minimum absolute atomic E-state index is 0.174. The molecule has 3 aromatic rings. The number of rotatable bonds is 2. The molecule has 96 valence electrons. The van der Waals surface area contributed by atoms with Crippen LogP contribution in [-0.2, 0) is 0 Å². The Bertz CT molecular complexity index is 770. The Hall–Kier alpha value is -1.28. The quantitative estimate of drug-likeness (QED) is 0.777. The van der Waals surface area contributed by atoms with Gasteiger partial charge in [-0.25, -0.2) is 4.98 Å². The molecular weight excluding hydrogens is 327 g/mol. The molecule has 0 aliphatic heterocycles. The smallest absolute Gasteiger partial charge is 0.286 e. The number of benzene rings is 1. The molecule has 0 aliphatic carbocycles. The Balaban J connectivity index is 1.99. The predicted octanol–water partition coefficient (Wildman–Crippen LogP) is 3.71. The van der Waals surface area contributed by atoms with Crippen LogP contribution < -0.4 is 5.32 Å². The van der Waals surface area contributed by atoms with Crippen molar-refractivity contribution in [3.63, 3.8) is 0 Å². The lowest BCUT2D eigenvalue weighted by Gasteiger charge is -2.05. The molecule has 1 amide bonds. The molecular formula is C10H4Cl2N4OS2. The number of carbonyl (C=O) groups excluding carboxylic acids is 1. The van der Waals surface area contributed by atoms with E-state index in [1.54, 1.807) is 11.6 Å². The molecule has 0 saturated carbocycles. The number of hydrogen-bond donors (Lipinski definition) is 1. The van der Waals surface area contributed by atoms with Crippen molar-refractivity contribution in [3.8, 4) is 0 Å². The zero-order valence-electron chi connectivity index (χ0n) is 9.05. The van der Waals surface area contributed by atoms with Gasteiger partial charge in [0.2, 0.25) is 9.47 Å². The molecule has 0 saturated heterocycles. The number of halogens is 2. The van der Waals surface area contributed by atoms with E-state index in [0.717, 1.165) is 16.0 Å². The fourth-order valence-electron chi connectivity index (χ4n) is 1.49. The van der Waals surface area contributed by atoms with Gasteiger partial charge in [-0.2, -0.15) is 0 Å². The van der Waals surface area contributed by atoms with Crippen LogP contribution in [0, 0.1) is 0 Å². The summed E-state index contributed by atoms with van der Waals surface area (Å²) in [4.78, 5) is 16.2. The van der Waals surface area contributed by atoms with Gasteiger partial charge in [-0.15, -0.1) is 21.5 Å². The standard InChI is InChI=1S/C10H4Cl2N4OS2/c11-4-1-2-5-7(13-3-18-5)6(4)14-8(17)9-15-16-10(12)19-9/h1-3H,(H,14,17).